The lowest BCUT2D eigenvalue weighted by atomic mass is 9.89. The highest BCUT2D eigenvalue weighted by atomic mass is 35.5. The summed E-state index contributed by atoms with van der Waals surface area (Å²) >= 11 is 6.04. The van der Waals surface area contributed by atoms with E-state index in [-0.39, 0.29) is 5.56 Å². The van der Waals surface area contributed by atoms with Crippen LogP contribution < -0.4 is 5.56 Å². The molecule has 0 aliphatic heterocycles. The predicted octanol–water partition coefficient (Wildman–Crippen LogP) is 4.13. The molecular formula is C19H16ClNO3. The van der Waals surface area contributed by atoms with Crippen LogP contribution in [0.25, 0.3) is 22.0 Å². The minimum atomic E-state index is -0.587. The zero-order chi connectivity index (χ0) is 17.3. The van der Waals surface area contributed by atoms with Crippen LogP contribution in [0.3, 0.4) is 0 Å². The van der Waals surface area contributed by atoms with E-state index in [0.717, 1.165) is 10.9 Å². The van der Waals surface area contributed by atoms with Crippen molar-refractivity contribution in [1.29, 1.82) is 0 Å². The van der Waals surface area contributed by atoms with Crippen LogP contribution in [0.1, 0.15) is 18.4 Å². The van der Waals surface area contributed by atoms with Crippen LogP contribution in [0, 0.1) is 0 Å². The Hall–Kier alpha value is -2.59. The maximum absolute atomic E-state index is 12.7. The Balaban J connectivity index is 2.42. The largest absolute Gasteiger partial charge is 0.469 e. The van der Waals surface area contributed by atoms with E-state index in [1.54, 1.807) is 19.1 Å². The standard InChI is InChI=1S/C19H16ClNO3/c1-11(19(23)24-2)16-14-9-8-13(20)10-15(14)21-18(22)17(16)12-6-4-3-5-7-12/h3-11H,1-2H3,(H,21,22). The molecule has 0 aliphatic carbocycles. The van der Waals surface area contributed by atoms with Crippen LogP contribution in [0.15, 0.2) is 53.3 Å². The minimum Gasteiger partial charge on any atom is -0.469 e. The summed E-state index contributed by atoms with van der Waals surface area (Å²) in [7, 11) is 1.34. The van der Waals surface area contributed by atoms with Gasteiger partial charge in [-0.2, -0.15) is 0 Å². The van der Waals surface area contributed by atoms with Gasteiger partial charge in [0.25, 0.3) is 5.56 Å². The summed E-state index contributed by atoms with van der Waals surface area (Å²) in [6.45, 7) is 1.74. The van der Waals surface area contributed by atoms with Crippen molar-refractivity contribution in [2.75, 3.05) is 7.11 Å². The van der Waals surface area contributed by atoms with Crippen molar-refractivity contribution in [2.45, 2.75) is 12.8 Å². The molecule has 0 bridgehead atoms. The van der Waals surface area contributed by atoms with Gasteiger partial charge in [0.2, 0.25) is 0 Å². The molecule has 3 rings (SSSR count). The lowest BCUT2D eigenvalue weighted by Crippen LogP contribution is -2.19. The Morgan fingerprint density at radius 1 is 1.17 bits per heavy atom. The van der Waals surface area contributed by atoms with Gasteiger partial charge in [-0.05, 0) is 30.2 Å². The molecule has 0 fully saturated rings. The maximum atomic E-state index is 12.7. The Morgan fingerprint density at radius 3 is 2.54 bits per heavy atom. The zero-order valence-corrected chi connectivity index (χ0v) is 14.1. The van der Waals surface area contributed by atoms with E-state index in [4.69, 9.17) is 16.3 Å². The Bertz CT molecular complexity index is 964. The van der Waals surface area contributed by atoms with Crippen LogP contribution in [-0.2, 0) is 9.53 Å². The molecule has 5 heteroatoms. The van der Waals surface area contributed by atoms with E-state index in [1.807, 2.05) is 36.4 Å². The summed E-state index contributed by atoms with van der Waals surface area (Å²) in [4.78, 5) is 27.7. The average molecular weight is 342 g/mol. The summed E-state index contributed by atoms with van der Waals surface area (Å²) in [5.74, 6) is -0.981. The number of hydrogen-bond acceptors (Lipinski definition) is 3. The highest BCUT2D eigenvalue weighted by Crippen LogP contribution is 2.33. The number of ether oxygens (including phenoxy) is 1. The molecule has 0 spiro atoms. The number of aromatic nitrogens is 1. The second-order valence-corrected chi connectivity index (χ2v) is 5.98. The number of hydrogen-bond donors (Lipinski definition) is 1. The van der Waals surface area contributed by atoms with Gasteiger partial charge in [-0.25, -0.2) is 0 Å². The third-order valence-corrected chi connectivity index (χ3v) is 4.30. The van der Waals surface area contributed by atoms with Gasteiger partial charge in [0.05, 0.1) is 24.1 Å². The fraction of sp³-hybridized carbons (Fsp3) is 0.158. The number of halogens is 1. The second-order valence-electron chi connectivity index (χ2n) is 5.54. The second kappa shape index (κ2) is 6.49. The molecule has 0 amide bonds. The van der Waals surface area contributed by atoms with Crippen LogP contribution in [0.4, 0.5) is 0 Å². The quantitative estimate of drug-likeness (QED) is 0.729. The van der Waals surface area contributed by atoms with E-state index in [1.165, 1.54) is 7.11 Å². The maximum Gasteiger partial charge on any atom is 0.312 e. The van der Waals surface area contributed by atoms with Crippen molar-refractivity contribution in [2.24, 2.45) is 0 Å². The molecule has 1 heterocycles. The van der Waals surface area contributed by atoms with Gasteiger partial charge in [-0.1, -0.05) is 48.0 Å². The van der Waals surface area contributed by atoms with Gasteiger partial charge < -0.3 is 9.72 Å². The van der Waals surface area contributed by atoms with Crippen molar-refractivity contribution in [3.05, 3.63) is 69.5 Å². The van der Waals surface area contributed by atoms with Crippen LogP contribution in [0.5, 0.6) is 0 Å². The first-order valence-electron chi connectivity index (χ1n) is 7.51. The molecule has 0 aliphatic rings. The average Bonchev–Trinajstić information content (AvgIpc) is 2.59. The Kier molecular flexibility index (Phi) is 4.40. The molecular weight excluding hydrogens is 326 g/mol. The summed E-state index contributed by atoms with van der Waals surface area (Å²) < 4.78 is 4.89. The summed E-state index contributed by atoms with van der Waals surface area (Å²) in [5.41, 5.74) is 2.20. The number of methoxy groups -OCH3 is 1. The summed E-state index contributed by atoms with van der Waals surface area (Å²) in [6.07, 6.45) is 0. The number of pyridine rings is 1. The third-order valence-electron chi connectivity index (χ3n) is 4.07. The van der Waals surface area contributed by atoms with Crippen LogP contribution in [-0.4, -0.2) is 18.1 Å². The van der Waals surface area contributed by atoms with E-state index in [9.17, 15) is 9.59 Å². The third kappa shape index (κ3) is 2.81. The molecule has 0 saturated carbocycles. The van der Waals surface area contributed by atoms with Crippen molar-refractivity contribution in [3.63, 3.8) is 0 Å². The highest BCUT2D eigenvalue weighted by Gasteiger charge is 2.24. The molecule has 1 atom stereocenters. The van der Waals surface area contributed by atoms with Crippen molar-refractivity contribution >= 4 is 28.5 Å². The first kappa shape index (κ1) is 16.3. The normalized spacial score (nSPS) is 12.1. The fourth-order valence-electron chi connectivity index (χ4n) is 2.93. The number of benzene rings is 2. The number of fused-ring (bicyclic) bond motifs is 1. The van der Waals surface area contributed by atoms with Crippen molar-refractivity contribution in [1.82, 2.24) is 4.98 Å². The number of H-pyrrole nitrogens is 1. The van der Waals surface area contributed by atoms with Crippen LogP contribution in [0.2, 0.25) is 5.02 Å². The lowest BCUT2D eigenvalue weighted by molar-refractivity contribution is -0.141. The van der Waals surface area contributed by atoms with Gasteiger partial charge >= 0.3 is 5.97 Å². The summed E-state index contributed by atoms with van der Waals surface area (Å²) in [6, 6.07) is 14.5. The Morgan fingerprint density at radius 2 is 1.88 bits per heavy atom. The zero-order valence-electron chi connectivity index (χ0n) is 13.3. The Labute approximate surface area is 144 Å². The van der Waals surface area contributed by atoms with Gasteiger partial charge in [-0.3, -0.25) is 9.59 Å². The molecule has 122 valence electrons. The predicted molar refractivity (Wildman–Crippen MR) is 95.4 cm³/mol. The molecule has 0 radical (unpaired) electrons. The highest BCUT2D eigenvalue weighted by molar-refractivity contribution is 6.31. The molecule has 1 aromatic heterocycles. The number of aromatic amines is 1. The number of carbonyl (C=O) groups excluding carboxylic acids is 1. The van der Waals surface area contributed by atoms with Crippen molar-refractivity contribution in [3.8, 4) is 11.1 Å². The first-order chi connectivity index (χ1) is 11.5. The first-order valence-corrected chi connectivity index (χ1v) is 7.89. The summed E-state index contributed by atoms with van der Waals surface area (Å²) in [5, 5.41) is 1.29. The molecule has 3 aromatic rings. The molecule has 4 nitrogen and oxygen atoms in total. The van der Waals surface area contributed by atoms with E-state index >= 15 is 0 Å². The monoisotopic (exact) mass is 341 g/mol. The number of rotatable bonds is 3. The topological polar surface area (TPSA) is 59.2 Å². The van der Waals surface area contributed by atoms with E-state index in [2.05, 4.69) is 4.98 Å². The molecule has 2 aromatic carbocycles. The van der Waals surface area contributed by atoms with Crippen molar-refractivity contribution < 1.29 is 9.53 Å². The van der Waals surface area contributed by atoms with Crippen LogP contribution >= 0.6 is 11.6 Å². The lowest BCUT2D eigenvalue weighted by Gasteiger charge is -2.17. The number of nitrogens with one attached hydrogen (secondary N) is 1. The smallest absolute Gasteiger partial charge is 0.312 e. The van der Waals surface area contributed by atoms with Gasteiger partial charge in [-0.15, -0.1) is 0 Å². The van der Waals surface area contributed by atoms with E-state index < -0.39 is 11.9 Å². The van der Waals surface area contributed by atoms with Gasteiger partial charge in [0, 0.05) is 10.4 Å². The molecule has 0 saturated heterocycles. The van der Waals surface area contributed by atoms with Gasteiger partial charge in [0.1, 0.15) is 0 Å². The number of esters is 1. The fourth-order valence-corrected chi connectivity index (χ4v) is 3.10. The van der Waals surface area contributed by atoms with E-state index in [0.29, 0.717) is 21.7 Å². The number of carbonyl (C=O) groups is 1. The molecule has 24 heavy (non-hydrogen) atoms. The molecule has 1 N–H and O–H groups in total. The SMILES string of the molecule is COC(=O)C(C)c1c(-c2ccccc2)c(=O)[nH]c2cc(Cl)ccc12. The minimum absolute atomic E-state index is 0.262. The molecule has 1 unspecified atom stereocenters. The van der Waals surface area contributed by atoms with Gasteiger partial charge in [0.15, 0.2) is 0 Å².